The van der Waals surface area contributed by atoms with Crippen molar-refractivity contribution >= 4 is 38.7 Å². The lowest BCUT2D eigenvalue weighted by Gasteiger charge is -2.15. The van der Waals surface area contributed by atoms with Gasteiger partial charge in [-0.3, -0.25) is 4.79 Å². The van der Waals surface area contributed by atoms with Crippen LogP contribution in [0.3, 0.4) is 0 Å². The van der Waals surface area contributed by atoms with Crippen molar-refractivity contribution in [3.8, 4) is 0 Å². The lowest BCUT2D eigenvalue weighted by molar-refractivity contribution is -0.115. The van der Waals surface area contributed by atoms with Gasteiger partial charge in [0.2, 0.25) is 5.91 Å². The van der Waals surface area contributed by atoms with Crippen molar-refractivity contribution in [1.29, 1.82) is 0 Å². The molecule has 1 saturated heterocycles. The van der Waals surface area contributed by atoms with Crippen molar-refractivity contribution in [2.45, 2.75) is 25.8 Å². The molecule has 0 radical (unpaired) electrons. The number of sulfone groups is 1. The molecule has 1 aromatic rings. The molecule has 2 N–H and O–H groups in total. The fraction of sp³-hybridized carbons (Fsp3) is 0.462. The van der Waals surface area contributed by atoms with Gasteiger partial charge in [-0.25, -0.2) is 8.42 Å². The van der Waals surface area contributed by atoms with Crippen molar-refractivity contribution in [2.24, 2.45) is 0 Å². The molecule has 1 aromatic carbocycles. The maximum Gasteiger partial charge on any atom is 0.224 e. The minimum absolute atomic E-state index is 0.0817. The van der Waals surface area contributed by atoms with Gasteiger partial charge in [-0.1, -0.05) is 18.5 Å². The first-order valence-corrected chi connectivity index (χ1v) is 8.66. The Morgan fingerprint density at radius 2 is 2.20 bits per heavy atom. The molecule has 0 saturated carbocycles. The maximum absolute atomic E-state index is 11.4. The van der Waals surface area contributed by atoms with Gasteiger partial charge in [-0.2, -0.15) is 0 Å². The molecule has 0 spiro atoms. The zero-order valence-electron chi connectivity index (χ0n) is 11.1. The molecule has 5 nitrogen and oxygen atoms in total. The van der Waals surface area contributed by atoms with E-state index >= 15 is 0 Å². The second-order valence-electron chi connectivity index (χ2n) is 4.84. The SMILES string of the molecule is CCC(=O)Nc1ccc(Cl)c(NC2CCS(=O)(=O)C2)c1. The molecule has 110 valence electrons. The topological polar surface area (TPSA) is 75.3 Å². The van der Waals surface area contributed by atoms with E-state index in [1.807, 2.05) is 0 Å². The number of amides is 1. The average molecular weight is 317 g/mol. The third-order valence-corrected chi connectivity index (χ3v) is 5.26. The number of halogens is 1. The van der Waals surface area contributed by atoms with Crippen LogP contribution in [0.15, 0.2) is 18.2 Å². The van der Waals surface area contributed by atoms with Gasteiger partial charge in [-0.05, 0) is 24.6 Å². The Labute approximate surface area is 123 Å². The normalized spacial score (nSPS) is 20.6. The molecule has 1 atom stereocenters. The molecule has 1 fully saturated rings. The molecule has 1 aliphatic rings. The second-order valence-corrected chi connectivity index (χ2v) is 7.48. The number of hydrogen-bond acceptors (Lipinski definition) is 4. The minimum Gasteiger partial charge on any atom is -0.380 e. The fourth-order valence-electron chi connectivity index (χ4n) is 2.09. The standard InChI is InChI=1S/C13H17ClN2O3S/c1-2-13(17)16-9-3-4-11(14)12(7-9)15-10-5-6-20(18,19)8-10/h3-4,7,10,15H,2,5-6,8H2,1H3,(H,16,17). The lowest BCUT2D eigenvalue weighted by atomic mass is 10.2. The molecule has 7 heteroatoms. The van der Waals surface area contributed by atoms with Gasteiger partial charge < -0.3 is 10.6 Å². The molecule has 1 amide bonds. The minimum atomic E-state index is -2.94. The second kappa shape index (κ2) is 6.01. The summed E-state index contributed by atoms with van der Waals surface area (Å²) >= 11 is 6.09. The van der Waals surface area contributed by atoms with Gasteiger partial charge in [0.25, 0.3) is 0 Å². The van der Waals surface area contributed by atoms with Crippen LogP contribution in [0.2, 0.25) is 5.02 Å². The summed E-state index contributed by atoms with van der Waals surface area (Å²) in [4.78, 5) is 11.4. The van der Waals surface area contributed by atoms with E-state index in [4.69, 9.17) is 11.6 Å². The van der Waals surface area contributed by atoms with Gasteiger partial charge in [0.05, 0.1) is 22.2 Å². The monoisotopic (exact) mass is 316 g/mol. The van der Waals surface area contributed by atoms with Crippen molar-refractivity contribution in [2.75, 3.05) is 22.1 Å². The summed E-state index contributed by atoms with van der Waals surface area (Å²) in [6, 6.07) is 4.99. The predicted molar refractivity (Wildman–Crippen MR) is 81.1 cm³/mol. The van der Waals surface area contributed by atoms with Gasteiger partial charge in [0.1, 0.15) is 0 Å². The highest BCUT2D eigenvalue weighted by molar-refractivity contribution is 7.91. The van der Waals surface area contributed by atoms with Gasteiger partial charge in [-0.15, -0.1) is 0 Å². The first kappa shape index (κ1) is 15.1. The molecule has 1 unspecified atom stereocenters. The van der Waals surface area contributed by atoms with Crippen LogP contribution in [0.5, 0.6) is 0 Å². The first-order valence-electron chi connectivity index (χ1n) is 6.46. The Bertz CT molecular complexity index is 616. The van der Waals surface area contributed by atoms with Gasteiger partial charge in [0, 0.05) is 18.2 Å². The summed E-state index contributed by atoms with van der Waals surface area (Å²) in [7, 11) is -2.94. The van der Waals surface area contributed by atoms with Gasteiger partial charge in [0.15, 0.2) is 9.84 Å². The first-order chi connectivity index (χ1) is 9.39. The molecule has 0 aliphatic carbocycles. The van der Waals surface area contributed by atoms with Crippen LogP contribution in [0.25, 0.3) is 0 Å². The molecule has 20 heavy (non-hydrogen) atoms. The van der Waals surface area contributed by atoms with E-state index in [9.17, 15) is 13.2 Å². The Hall–Kier alpha value is -1.27. The van der Waals surface area contributed by atoms with E-state index in [-0.39, 0.29) is 23.5 Å². The van der Waals surface area contributed by atoms with E-state index in [0.717, 1.165) is 0 Å². The molecular formula is C13H17ClN2O3S. The van der Waals surface area contributed by atoms with Crippen LogP contribution in [-0.4, -0.2) is 31.9 Å². The van der Waals surface area contributed by atoms with Gasteiger partial charge >= 0.3 is 0 Å². The van der Waals surface area contributed by atoms with Crippen molar-refractivity contribution in [1.82, 2.24) is 0 Å². The van der Waals surface area contributed by atoms with Crippen molar-refractivity contribution in [3.63, 3.8) is 0 Å². The number of carbonyl (C=O) groups is 1. The quantitative estimate of drug-likeness (QED) is 0.893. The number of rotatable bonds is 4. The summed E-state index contributed by atoms with van der Waals surface area (Å²) in [5, 5.41) is 6.38. The largest absolute Gasteiger partial charge is 0.380 e. The van der Waals surface area contributed by atoms with E-state index in [2.05, 4.69) is 10.6 Å². The van der Waals surface area contributed by atoms with Crippen LogP contribution in [-0.2, 0) is 14.6 Å². The molecule has 0 aromatic heterocycles. The molecule has 1 heterocycles. The summed E-state index contributed by atoms with van der Waals surface area (Å²) < 4.78 is 22.9. The zero-order chi connectivity index (χ0) is 14.8. The summed E-state index contributed by atoms with van der Waals surface area (Å²) in [6.07, 6.45) is 0.969. The van der Waals surface area contributed by atoms with E-state index in [1.54, 1.807) is 25.1 Å². The smallest absolute Gasteiger partial charge is 0.224 e. The van der Waals surface area contributed by atoms with E-state index in [1.165, 1.54) is 0 Å². The summed E-state index contributed by atoms with van der Waals surface area (Å²) in [5.74, 6) is 0.241. The lowest BCUT2D eigenvalue weighted by Crippen LogP contribution is -2.21. The Morgan fingerprint density at radius 1 is 1.45 bits per heavy atom. The Morgan fingerprint density at radius 3 is 2.80 bits per heavy atom. The van der Waals surface area contributed by atoms with Crippen LogP contribution in [0, 0.1) is 0 Å². The van der Waals surface area contributed by atoms with Crippen LogP contribution >= 0.6 is 11.6 Å². The highest BCUT2D eigenvalue weighted by atomic mass is 35.5. The highest BCUT2D eigenvalue weighted by Gasteiger charge is 2.28. The van der Waals surface area contributed by atoms with E-state index in [0.29, 0.717) is 29.2 Å². The molecular weight excluding hydrogens is 300 g/mol. The number of benzene rings is 1. The van der Waals surface area contributed by atoms with E-state index < -0.39 is 9.84 Å². The zero-order valence-corrected chi connectivity index (χ0v) is 12.7. The number of anilines is 2. The Balaban J connectivity index is 2.11. The molecule has 0 bridgehead atoms. The molecule has 2 rings (SSSR count). The highest BCUT2D eigenvalue weighted by Crippen LogP contribution is 2.28. The van der Waals surface area contributed by atoms with Crippen LogP contribution in [0.4, 0.5) is 11.4 Å². The summed E-state index contributed by atoms with van der Waals surface area (Å²) in [5.41, 5.74) is 1.28. The van der Waals surface area contributed by atoms with Crippen LogP contribution < -0.4 is 10.6 Å². The van der Waals surface area contributed by atoms with Crippen molar-refractivity contribution in [3.05, 3.63) is 23.2 Å². The number of nitrogens with one attached hydrogen (secondary N) is 2. The predicted octanol–water partition coefficient (Wildman–Crippen LogP) is 2.29. The number of carbonyl (C=O) groups excluding carboxylic acids is 1. The van der Waals surface area contributed by atoms with Crippen LogP contribution in [0.1, 0.15) is 19.8 Å². The Kier molecular flexibility index (Phi) is 4.55. The fourth-order valence-corrected chi connectivity index (χ4v) is 3.94. The average Bonchev–Trinajstić information content (AvgIpc) is 2.72. The number of hydrogen-bond donors (Lipinski definition) is 2. The van der Waals surface area contributed by atoms with Crippen molar-refractivity contribution < 1.29 is 13.2 Å². The maximum atomic E-state index is 11.4. The third kappa shape index (κ3) is 3.86. The summed E-state index contributed by atoms with van der Waals surface area (Å²) in [6.45, 7) is 1.77. The molecule has 1 aliphatic heterocycles. The third-order valence-electron chi connectivity index (χ3n) is 3.16.